The lowest BCUT2D eigenvalue weighted by molar-refractivity contribution is 0.0962. The maximum absolute atomic E-state index is 11.9. The fraction of sp³-hybridized carbons (Fsp3) is 0.235. The largest absolute Gasteiger partial charge is 0.493 e. The second-order valence-corrected chi connectivity index (χ2v) is 5.55. The number of ketones is 1. The van der Waals surface area contributed by atoms with Gasteiger partial charge in [-0.05, 0) is 37.1 Å². The summed E-state index contributed by atoms with van der Waals surface area (Å²) in [4.78, 5) is 11.9. The Morgan fingerprint density at radius 2 is 1.70 bits per heavy atom. The smallest absolute Gasteiger partial charge is 0.166 e. The molecule has 0 radical (unpaired) electrons. The van der Waals surface area contributed by atoms with Crippen LogP contribution in [0.4, 0.5) is 0 Å². The fourth-order valence-electron chi connectivity index (χ4n) is 2.02. The molecule has 0 fully saturated rings. The van der Waals surface area contributed by atoms with E-state index in [9.17, 15) is 4.79 Å². The highest BCUT2D eigenvalue weighted by Gasteiger charge is 2.07. The molecule has 0 spiro atoms. The summed E-state index contributed by atoms with van der Waals surface area (Å²) in [5, 5.41) is 0. The highest BCUT2D eigenvalue weighted by atomic mass is 79.9. The molecule has 0 unspecified atom stereocenters. The normalized spacial score (nSPS) is 10.3. The van der Waals surface area contributed by atoms with Crippen LogP contribution in [0.5, 0.6) is 5.75 Å². The molecule has 0 saturated heterocycles. The number of halogens is 1. The Labute approximate surface area is 127 Å². The van der Waals surface area contributed by atoms with Gasteiger partial charge in [-0.2, -0.15) is 0 Å². The molecule has 104 valence electrons. The Morgan fingerprint density at radius 3 is 2.30 bits per heavy atom. The Bertz CT molecular complexity index is 583. The molecular formula is C17H17BrO2. The van der Waals surface area contributed by atoms with Gasteiger partial charge >= 0.3 is 0 Å². The lowest BCUT2D eigenvalue weighted by Gasteiger charge is -2.10. The van der Waals surface area contributed by atoms with Crippen LogP contribution in [0.2, 0.25) is 0 Å². The Kier molecular flexibility index (Phi) is 4.96. The first-order valence-corrected chi connectivity index (χ1v) is 7.35. The van der Waals surface area contributed by atoms with Crippen LogP contribution in [0.25, 0.3) is 0 Å². The molecule has 0 aliphatic carbocycles. The third-order valence-electron chi connectivity index (χ3n) is 3.10. The van der Waals surface area contributed by atoms with Gasteiger partial charge in [0.1, 0.15) is 5.75 Å². The van der Waals surface area contributed by atoms with Crippen molar-refractivity contribution >= 4 is 21.7 Å². The number of hydrogen-bond acceptors (Lipinski definition) is 2. The number of hydrogen-bond donors (Lipinski definition) is 0. The SMILES string of the molecule is Cc1cc(OCCC(=O)c2ccccc2)cc(C)c1Br. The minimum absolute atomic E-state index is 0.108. The Balaban J connectivity index is 1.92. The standard InChI is InChI=1S/C17H17BrO2/c1-12-10-15(11-13(2)17(12)18)20-9-8-16(19)14-6-4-3-5-7-14/h3-7,10-11H,8-9H2,1-2H3. The van der Waals surface area contributed by atoms with Gasteiger partial charge in [0.05, 0.1) is 6.61 Å². The summed E-state index contributed by atoms with van der Waals surface area (Å²) >= 11 is 3.53. The van der Waals surface area contributed by atoms with Crippen LogP contribution in [0.1, 0.15) is 27.9 Å². The molecule has 2 aromatic carbocycles. The fourth-order valence-corrected chi connectivity index (χ4v) is 2.25. The van der Waals surface area contributed by atoms with Crippen molar-refractivity contribution in [1.29, 1.82) is 0 Å². The highest BCUT2D eigenvalue weighted by molar-refractivity contribution is 9.10. The van der Waals surface area contributed by atoms with E-state index >= 15 is 0 Å². The van der Waals surface area contributed by atoms with E-state index in [0.717, 1.165) is 26.9 Å². The van der Waals surface area contributed by atoms with Crippen molar-refractivity contribution in [3.63, 3.8) is 0 Å². The number of benzene rings is 2. The molecule has 0 saturated carbocycles. The zero-order valence-corrected chi connectivity index (χ0v) is 13.2. The minimum atomic E-state index is 0.108. The molecule has 2 rings (SSSR count). The Hall–Kier alpha value is -1.61. The molecule has 0 atom stereocenters. The van der Waals surface area contributed by atoms with Gasteiger partial charge < -0.3 is 4.74 Å². The number of rotatable bonds is 5. The van der Waals surface area contributed by atoms with E-state index in [4.69, 9.17) is 4.74 Å². The summed E-state index contributed by atoms with van der Waals surface area (Å²) in [5.74, 6) is 0.917. The number of ether oxygens (including phenoxy) is 1. The van der Waals surface area contributed by atoms with Crippen molar-refractivity contribution in [3.8, 4) is 5.75 Å². The van der Waals surface area contributed by atoms with Gasteiger partial charge in [0.25, 0.3) is 0 Å². The van der Waals surface area contributed by atoms with Gasteiger partial charge in [0.15, 0.2) is 5.78 Å². The number of aryl methyl sites for hydroxylation is 2. The van der Waals surface area contributed by atoms with Gasteiger partial charge in [-0.15, -0.1) is 0 Å². The second-order valence-electron chi connectivity index (χ2n) is 4.76. The second kappa shape index (κ2) is 6.71. The number of carbonyl (C=O) groups excluding carboxylic acids is 1. The quantitative estimate of drug-likeness (QED) is 0.740. The van der Waals surface area contributed by atoms with Crippen LogP contribution in [0, 0.1) is 13.8 Å². The summed E-state index contributed by atoms with van der Waals surface area (Å²) in [6.45, 7) is 4.45. The van der Waals surface area contributed by atoms with Gasteiger partial charge in [-0.1, -0.05) is 46.3 Å². The van der Waals surface area contributed by atoms with Crippen molar-refractivity contribution in [2.45, 2.75) is 20.3 Å². The van der Waals surface area contributed by atoms with Crippen LogP contribution >= 0.6 is 15.9 Å². The first-order chi connectivity index (χ1) is 9.58. The molecule has 0 N–H and O–H groups in total. The van der Waals surface area contributed by atoms with E-state index in [1.54, 1.807) is 0 Å². The van der Waals surface area contributed by atoms with Gasteiger partial charge in [-0.25, -0.2) is 0 Å². The van der Waals surface area contributed by atoms with Crippen LogP contribution in [0.15, 0.2) is 46.9 Å². The zero-order valence-electron chi connectivity index (χ0n) is 11.7. The van der Waals surface area contributed by atoms with Crippen molar-refractivity contribution in [2.75, 3.05) is 6.61 Å². The number of carbonyl (C=O) groups is 1. The topological polar surface area (TPSA) is 26.3 Å². The minimum Gasteiger partial charge on any atom is -0.493 e. The first-order valence-electron chi connectivity index (χ1n) is 6.55. The number of Topliss-reactive ketones (excluding diaryl/α,β-unsaturated/α-hetero) is 1. The molecular weight excluding hydrogens is 316 g/mol. The van der Waals surface area contributed by atoms with Crippen molar-refractivity contribution in [3.05, 3.63) is 63.6 Å². The molecule has 0 bridgehead atoms. The average molecular weight is 333 g/mol. The molecule has 0 amide bonds. The van der Waals surface area contributed by atoms with E-state index in [1.165, 1.54) is 0 Å². The van der Waals surface area contributed by atoms with E-state index < -0.39 is 0 Å². The summed E-state index contributed by atoms with van der Waals surface area (Å²) in [7, 11) is 0. The van der Waals surface area contributed by atoms with Crippen molar-refractivity contribution in [1.82, 2.24) is 0 Å². The van der Waals surface area contributed by atoms with E-state index in [1.807, 2.05) is 56.3 Å². The van der Waals surface area contributed by atoms with E-state index in [0.29, 0.717) is 13.0 Å². The van der Waals surface area contributed by atoms with Gasteiger partial charge in [0, 0.05) is 16.5 Å². The van der Waals surface area contributed by atoms with E-state index in [2.05, 4.69) is 15.9 Å². The predicted octanol–water partition coefficient (Wildman–Crippen LogP) is 4.72. The summed E-state index contributed by atoms with van der Waals surface area (Å²) < 4.78 is 6.78. The molecule has 0 aromatic heterocycles. The Morgan fingerprint density at radius 1 is 1.10 bits per heavy atom. The molecule has 2 aromatic rings. The monoisotopic (exact) mass is 332 g/mol. The van der Waals surface area contributed by atoms with Crippen LogP contribution in [-0.2, 0) is 0 Å². The molecule has 0 aliphatic heterocycles. The lowest BCUT2D eigenvalue weighted by atomic mass is 10.1. The maximum Gasteiger partial charge on any atom is 0.166 e. The summed E-state index contributed by atoms with van der Waals surface area (Å²) in [6.07, 6.45) is 0.387. The van der Waals surface area contributed by atoms with E-state index in [-0.39, 0.29) is 5.78 Å². The third-order valence-corrected chi connectivity index (χ3v) is 4.35. The zero-order chi connectivity index (χ0) is 14.5. The average Bonchev–Trinajstić information content (AvgIpc) is 2.45. The van der Waals surface area contributed by atoms with Crippen LogP contribution < -0.4 is 4.74 Å². The predicted molar refractivity (Wildman–Crippen MR) is 84.5 cm³/mol. The third kappa shape index (κ3) is 3.70. The van der Waals surface area contributed by atoms with Crippen LogP contribution in [-0.4, -0.2) is 12.4 Å². The maximum atomic E-state index is 11.9. The molecule has 3 heteroatoms. The van der Waals surface area contributed by atoms with Crippen molar-refractivity contribution in [2.24, 2.45) is 0 Å². The van der Waals surface area contributed by atoms with Crippen molar-refractivity contribution < 1.29 is 9.53 Å². The first kappa shape index (κ1) is 14.8. The lowest BCUT2D eigenvalue weighted by Crippen LogP contribution is -2.06. The molecule has 0 aliphatic rings. The highest BCUT2D eigenvalue weighted by Crippen LogP contribution is 2.26. The van der Waals surface area contributed by atoms with Gasteiger partial charge in [0.2, 0.25) is 0 Å². The van der Waals surface area contributed by atoms with Crippen LogP contribution in [0.3, 0.4) is 0 Å². The molecule has 2 nitrogen and oxygen atoms in total. The van der Waals surface area contributed by atoms with Gasteiger partial charge in [-0.3, -0.25) is 4.79 Å². The summed E-state index contributed by atoms with van der Waals surface area (Å²) in [6, 6.07) is 13.3. The molecule has 0 heterocycles. The summed E-state index contributed by atoms with van der Waals surface area (Å²) in [5.41, 5.74) is 3.00. The molecule has 20 heavy (non-hydrogen) atoms.